The van der Waals surface area contributed by atoms with Crippen molar-refractivity contribution in [1.82, 2.24) is 9.78 Å². The summed E-state index contributed by atoms with van der Waals surface area (Å²) in [7, 11) is 1.87. The van der Waals surface area contributed by atoms with Crippen LogP contribution in [0.4, 0.5) is 0 Å². The van der Waals surface area contributed by atoms with Gasteiger partial charge in [-0.25, -0.2) is 0 Å². The molecule has 0 saturated heterocycles. The van der Waals surface area contributed by atoms with Crippen LogP contribution in [0.25, 0.3) is 22.5 Å². The summed E-state index contributed by atoms with van der Waals surface area (Å²) in [6.07, 6.45) is 0. The van der Waals surface area contributed by atoms with E-state index in [0.717, 1.165) is 22.5 Å². The van der Waals surface area contributed by atoms with Crippen molar-refractivity contribution in [3.05, 3.63) is 62.6 Å². The molecule has 0 aliphatic rings. The second-order valence-electron chi connectivity index (χ2n) is 4.80. The van der Waals surface area contributed by atoms with Gasteiger partial charge >= 0.3 is 0 Å². The zero-order valence-corrected chi connectivity index (χ0v) is 14.5. The van der Waals surface area contributed by atoms with Crippen molar-refractivity contribution in [3.8, 4) is 22.5 Å². The summed E-state index contributed by atoms with van der Waals surface area (Å²) in [5.74, 6) is 0. The van der Waals surface area contributed by atoms with Gasteiger partial charge in [-0.05, 0) is 30.3 Å². The first kappa shape index (κ1) is 15.7. The maximum Gasteiger partial charge on any atom is 0.0930 e. The van der Waals surface area contributed by atoms with Gasteiger partial charge in [0, 0.05) is 18.2 Å². The van der Waals surface area contributed by atoms with Crippen LogP contribution in [0.15, 0.2) is 42.5 Å². The molecule has 3 aromatic rings. The van der Waals surface area contributed by atoms with Crippen molar-refractivity contribution >= 4 is 46.4 Å². The lowest BCUT2D eigenvalue weighted by molar-refractivity contribution is 0.779. The number of rotatable bonds is 2. The Morgan fingerprint density at radius 3 is 1.86 bits per heavy atom. The molecule has 0 saturated carbocycles. The van der Waals surface area contributed by atoms with E-state index >= 15 is 0 Å². The van der Waals surface area contributed by atoms with E-state index < -0.39 is 0 Å². The first-order chi connectivity index (χ1) is 10.5. The highest BCUT2D eigenvalue weighted by molar-refractivity contribution is 6.42. The molecule has 2 aromatic carbocycles. The van der Waals surface area contributed by atoms with Crippen LogP contribution in [0.2, 0.25) is 20.1 Å². The zero-order chi connectivity index (χ0) is 15.9. The predicted octanol–water partition coefficient (Wildman–Crippen LogP) is 6.37. The molecule has 1 aromatic heterocycles. The van der Waals surface area contributed by atoms with Crippen molar-refractivity contribution in [1.29, 1.82) is 0 Å². The van der Waals surface area contributed by atoms with Gasteiger partial charge in [0.25, 0.3) is 0 Å². The third kappa shape index (κ3) is 2.97. The molecule has 6 heteroatoms. The van der Waals surface area contributed by atoms with Crippen LogP contribution < -0.4 is 0 Å². The monoisotopic (exact) mass is 370 g/mol. The van der Waals surface area contributed by atoms with Gasteiger partial charge in [-0.15, -0.1) is 0 Å². The predicted molar refractivity (Wildman–Crippen MR) is 94.1 cm³/mol. The summed E-state index contributed by atoms with van der Waals surface area (Å²) in [4.78, 5) is 0. The highest BCUT2D eigenvalue weighted by Gasteiger charge is 2.11. The van der Waals surface area contributed by atoms with Gasteiger partial charge in [-0.3, -0.25) is 4.68 Å². The topological polar surface area (TPSA) is 17.8 Å². The van der Waals surface area contributed by atoms with E-state index in [1.54, 1.807) is 22.9 Å². The number of halogens is 4. The van der Waals surface area contributed by atoms with Crippen LogP contribution >= 0.6 is 46.4 Å². The molecule has 0 aliphatic carbocycles. The van der Waals surface area contributed by atoms with Gasteiger partial charge in [0.05, 0.1) is 31.5 Å². The van der Waals surface area contributed by atoms with Crippen LogP contribution in [0.5, 0.6) is 0 Å². The van der Waals surface area contributed by atoms with E-state index in [1.165, 1.54) is 0 Å². The Morgan fingerprint density at radius 1 is 0.727 bits per heavy atom. The minimum atomic E-state index is 0.501. The Balaban J connectivity index is 2.06. The van der Waals surface area contributed by atoms with Crippen molar-refractivity contribution < 1.29 is 0 Å². The molecule has 3 rings (SSSR count). The number of hydrogen-bond acceptors (Lipinski definition) is 1. The fourth-order valence-corrected chi connectivity index (χ4v) is 2.79. The van der Waals surface area contributed by atoms with Crippen LogP contribution in [0.1, 0.15) is 0 Å². The summed E-state index contributed by atoms with van der Waals surface area (Å²) in [5, 5.41) is 6.58. The van der Waals surface area contributed by atoms with Gasteiger partial charge in [-0.2, -0.15) is 5.10 Å². The van der Waals surface area contributed by atoms with Crippen LogP contribution in [0, 0.1) is 0 Å². The molecule has 1 heterocycles. The molecule has 22 heavy (non-hydrogen) atoms. The lowest BCUT2D eigenvalue weighted by Crippen LogP contribution is -1.93. The van der Waals surface area contributed by atoms with Gasteiger partial charge < -0.3 is 0 Å². The van der Waals surface area contributed by atoms with Crippen molar-refractivity contribution in [2.24, 2.45) is 7.05 Å². The molecule has 0 amide bonds. The summed E-state index contributed by atoms with van der Waals surface area (Å²) in [6.45, 7) is 0. The third-order valence-electron chi connectivity index (χ3n) is 3.31. The number of aryl methyl sites for hydroxylation is 1. The minimum absolute atomic E-state index is 0.501. The van der Waals surface area contributed by atoms with Crippen LogP contribution in [0.3, 0.4) is 0 Å². The minimum Gasteiger partial charge on any atom is -0.267 e. The molecule has 0 unspecified atom stereocenters. The average molecular weight is 372 g/mol. The molecule has 0 radical (unpaired) electrons. The number of aromatic nitrogens is 2. The average Bonchev–Trinajstić information content (AvgIpc) is 2.87. The normalized spacial score (nSPS) is 11.0. The molecule has 0 bridgehead atoms. The molecule has 0 N–H and O–H groups in total. The van der Waals surface area contributed by atoms with E-state index in [9.17, 15) is 0 Å². The van der Waals surface area contributed by atoms with Crippen molar-refractivity contribution in [3.63, 3.8) is 0 Å². The summed E-state index contributed by atoms with van der Waals surface area (Å²) in [5.41, 5.74) is 3.58. The Bertz CT molecular complexity index is 855. The van der Waals surface area contributed by atoms with Crippen molar-refractivity contribution in [2.45, 2.75) is 0 Å². The fraction of sp³-hybridized carbons (Fsp3) is 0.0625. The van der Waals surface area contributed by atoms with E-state index in [1.807, 2.05) is 31.3 Å². The highest BCUT2D eigenvalue weighted by atomic mass is 35.5. The molecule has 0 atom stereocenters. The molecule has 2 nitrogen and oxygen atoms in total. The Kier molecular flexibility index (Phi) is 4.37. The summed E-state index contributed by atoms with van der Waals surface area (Å²) in [6, 6.07) is 12.9. The third-order valence-corrected chi connectivity index (χ3v) is 4.79. The maximum absolute atomic E-state index is 6.08. The van der Waals surface area contributed by atoms with E-state index in [0.29, 0.717) is 20.1 Å². The zero-order valence-electron chi connectivity index (χ0n) is 11.4. The largest absolute Gasteiger partial charge is 0.267 e. The van der Waals surface area contributed by atoms with Gasteiger partial charge in [0.15, 0.2) is 0 Å². The molecular weight excluding hydrogens is 362 g/mol. The standard InChI is InChI=1S/C16H10Cl4N2/c1-22-16(10-3-5-12(18)14(20)7-10)8-15(21-22)9-2-4-11(17)13(19)6-9/h2-8H,1H3. The Hall–Kier alpha value is -1.19. The molecular formula is C16H10Cl4N2. The Morgan fingerprint density at radius 2 is 1.27 bits per heavy atom. The highest BCUT2D eigenvalue weighted by Crippen LogP contribution is 2.32. The SMILES string of the molecule is Cn1nc(-c2ccc(Cl)c(Cl)c2)cc1-c1ccc(Cl)c(Cl)c1. The lowest BCUT2D eigenvalue weighted by atomic mass is 10.1. The van der Waals surface area contributed by atoms with E-state index in [-0.39, 0.29) is 0 Å². The van der Waals surface area contributed by atoms with Gasteiger partial charge in [-0.1, -0.05) is 58.5 Å². The summed E-state index contributed by atoms with van der Waals surface area (Å²) >= 11 is 24.1. The first-order valence-electron chi connectivity index (χ1n) is 6.40. The molecule has 0 aliphatic heterocycles. The van der Waals surface area contributed by atoms with E-state index in [2.05, 4.69) is 5.10 Å². The number of nitrogens with zero attached hydrogens (tertiary/aromatic N) is 2. The quantitative estimate of drug-likeness (QED) is 0.511. The van der Waals surface area contributed by atoms with Gasteiger partial charge in [0.2, 0.25) is 0 Å². The first-order valence-corrected chi connectivity index (χ1v) is 7.92. The maximum atomic E-state index is 6.08. The smallest absolute Gasteiger partial charge is 0.0930 e. The fourth-order valence-electron chi connectivity index (χ4n) is 2.19. The second-order valence-corrected chi connectivity index (χ2v) is 6.43. The second kappa shape index (κ2) is 6.13. The number of hydrogen-bond donors (Lipinski definition) is 0. The van der Waals surface area contributed by atoms with Crippen molar-refractivity contribution in [2.75, 3.05) is 0 Å². The van der Waals surface area contributed by atoms with Crippen LogP contribution in [-0.4, -0.2) is 9.78 Å². The molecule has 0 spiro atoms. The number of benzene rings is 2. The lowest BCUT2D eigenvalue weighted by Gasteiger charge is -2.03. The molecule has 112 valence electrons. The summed E-state index contributed by atoms with van der Waals surface area (Å²) < 4.78 is 1.79. The van der Waals surface area contributed by atoms with Crippen LogP contribution in [-0.2, 0) is 7.05 Å². The molecule has 0 fully saturated rings. The Labute approximate surface area is 148 Å². The van der Waals surface area contributed by atoms with Gasteiger partial charge in [0.1, 0.15) is 0 Å². The van der Waals surface area contributed by atoms with E-state index in [4.69, 9.17) is 46.4 Å².